The molecular formula is C48H107N3. The van der Waals surface area contributed by atoms with Crippen LogP contribution in [0, 0.1) is 0 Å². The molecule has 0 aromatic heterocycles. The summed E-state index contributed by atoms with van der Waals surface area (Å²) < 4.78 is 0. The summed E-state index contributed by atoms with van der Waals surface area (Å²) in [6.07, 6.45) is 60.2. The van der Waals surface area contributed by atoms with Gasteiger partial charge in [0.15, 0.2) is 0 Å². The Morgan fingerprint density at radius 1 is 0.176 bits per heavy atom. The standard InChI is InChI=1S/C18H39N.C16H35N.C14H30.H3N/c1-2-3-4-5-6-7-8-9-10-11-12-13-14-15-16-17-18-19;1-2-3-4-5-6-7-8-9-10-11-12-13-14-15-16-17;1-3-5-7-9-11-13-14-12-10-8-6-4-2;/h2-19H2,1H3;2-17H2,1H3;3-14H2,1-2H3;1H3. The van der Waals surface area contributed by atoms with Gasteiger partial charge in [0.25, 0.3) is 0 Å². The van der Waals surface area contributed by atoms with E-state index < -0.39 is 0 Å². The fourth-order valence-corrected chi connectivity index (χ4v) is 6.95. The lowest BCUT2D eigenvalue weighted by atomic mass is 10.0. The summed E-state index contributed by atoms with van der Waals surface area (Å²) in [5, 5.41) is 0. The molecule has 0 amide bonds. The van der Waals surface area contributed by atoms with Crippen LogP contribution < -0.4 is 17.6 Å². The van der Waals surface area contributed by atoms with E-state index in [2.05, 4.69) is 27.7 Å². The second-order valence-electron chi connectivity index (χ2n) is 16.0. The van der Waals surface area contributed by atoms with E-state index in [1.54, 1.807) is 0 Å². The van der Waals surface area contributed by atoms with E-state index in [0.717, 1.165) is 13.1 Å². The van der Waals surface area contributed by atoms with Crippen LogP contribution in [-0.4, -0.2) is 13.1 Å². The van der Waals surface area contributed by atoms with Gasteiger partial charge in [-0.3, -0.25) is 0 Å². The van der Waals surface area contributed by atoms with Gasteiger partial charge < -0.3 is 17.6 Å². The molecule has 0 rings (SSSR count). The quantitative estimate of drug-likeness (QED) is 0.0548. The van der Waals surface area contributed by atoms with Crippen molar-refractivity contribution in [1.82, 2.24) is 6.15 Å². The molecule has 0 fully saturated rings. The predicted molar refractivity (Wildman–Crippen MR) is 240 cm³/mol. The van der Waals surface area contributed by atoms with Gasteiger partial charge >= 0.3 is 0 Å². The van der Waals surface area contributed by atoms with Crippen LogP contribution in [0.1, 0.15) is 297 Å². The fraction of sp³-hybridized carbons (Fsp3) is 1.00. The van der Waals surface area contributed by atoms with Crippen LogP contribution in [0.5, 0.6) is 0 Å². The van der Waals surface area contributed by atoms with Gasteiger partial charge in [0, 0.05) is 0 Å². The fourth-order valence-electron chi connectivity index (χ4n) is 6.95. The molecule has 0 aromatic carbocycles. The van der Waals surface area contributed by atoms with Gasteiger partial charge in [-0.05, 0) is 25.9 Å². The smallest absolute Gasteiger partial charge is 0.00773 e. The normalized spacial score (nSPS) is 10.7. The summed E-state index contributed by atoms with van der Waals surface area (Å²) in [5.74, 6) is 0. The van der Waals surface area contributed by atoms with Crippen molar-refractivity contribution in [2.75, 3.05) is 13.1 Å². The van der Waals surface area contributed by atoms with Crippen LogP contribution in [0.2, 0.25) is 0 Å². The van der Waals surface area contributed by atoms with Crippen LogP contribution in [0.25, 0.3) is 0 Å². The molecule has 51 heavy (non-hydrogen) atoms. The van der Waals surface area contributed by atoms with E-state index in [-0.39, 0.29) is 6.15 Å². The third-order valence-electron chi connectivity index (χ3n) is 10.6. The van der Waals surface area contributed by atoms with E-state index in [1.807, 2.05) is 0 Å². The Kier molecular flexibility index (Phi) is 69.9. The molecule has 0 unspecified atom stereocenters. The Morgan fingerprint density at radius 3 is 0.373 bits per heavy atom. The predicted octanol–water partition coefficient (Wildman–Crippen LogP) is 17.5. The SMILES string of the molecule is CCCCCCCCCCCCCC.CCCCCCCCCCCCCCCCCCN.CCCCCCCCCCCCCCCCN.N. The highest BCUT2D eigenvalue weighted by molar-refractivity contribution is 4.52. The van der Waals surface area contributed by atoms with E-state index >= 15 is 0 Å². The average molecular weight is 726 g/mol. The Balaban J connectivity index is -0.000000325. The molecule has 3 heteroatoms. The molecule has 0 aliphatic carbocycles. The van der Waals surface area contributed by atoms with Crippen LogP contribution in [0.4, 0.5) is 0 Å². The molecule has 314 valence electrons. The third-order valence-corrected chi connectivity index (χ3v) is 10.6. The molecule has 0 saturated carbocycles. The van der Waals surface area contributed by atoms with Crippen LogP contribution >= 0.6 is 0 Å². The van der Waals surface area contributed by atoms with Crippen molar-refractivity contribution >= 4 is 0 Å². The molecule has 0 aromatic rings. The number of unbranched alkanes of at least 4 members (excludes halogenated alkanes) is 39. The Hall–Kier alpha value is -0.120. The van der Waals surface area contributed by atoms with E-state index in [0.29, 0.717) is 0 Å². The third kappa shape index (κ3) is 68.4. The molecule has 0 bridgehead atoms. The summed E-state index contributed by atoms with van der Waals surface area (Å²) in [4.78, 5) is 0. The second kappa shape index (κ2) is 61.9. The van der Waals surface area contributed by atoms with Crippen molar-refractivity contribution in [2.24, 2.45) is 11.5 Å². The zero-order chi connectivity index (χ0) is 37.1. The summed E-state index contributed by atoms with van der Waals surface area (Å²) in [6.45, 7) is 10.9. The van der Waals surface area contributed by atoms with Crippen molar-refractivity contribution < 1.29 is 0 Å². The zero-order valence-electron chi connectivity index (χ0n) is 37.0. The highest BCUT2D eigenvalue weighted by Gasteiger charge is 1.96. The van der Waals surface area contributed by atoms with E-state index in [1.165, 1.54) is 270 Å². The Morgan fingerprint density at radius 2 is 0.275 bits per heavy atom. The minimum atomic E-state index is 0. The van der Waals surface area contributed by atoms with Gasteiger partial charge in [0.1, 0.15) is 0 Å². The number of hydrogen-bond acceptors (Lipinski definition) is 3. The molecule has 0 radical (unpaired) electrons. The number of nitrogens with two attached hydrogens (primary N) is 2. The molecule has 0 aliphatic rings. The van der Waals surface area contributed by atoms with Crippen molar-refractivity contribution in [3.63, 3.8) is 0 Å². The molecule has 3 nitrogen and oxygen atoms in total. The van der Waals surface area contributed by atoms with Crippen LogP contribution in [-0.2, 0) is 0 Å². The summed E-state index contributed by atoms with van der Waals surface area (Å²) in [6, 6.07) is 0. The minimum absolute atomic E-state index is 0. The molecular weight excluding hydrogens is 619 g/mol. The van der Waals surface area contributed by atoms with Gasteiger partial charge in [0.05, 0.1) is 0 Å². The molecule has 0 heterocycles. The highest BCUT2D eigenvalue weighted by atomic mass is 14.5. The summed E-state index contributed by atoms with van der Waals surface area (Å²) in [7, 11) is 0. The Labute approximate surface area is 327 Å². The van der Waals surface area contributed by atoms with E-state index in [9.17, 15) is 0 Å². The van der Waals surface area contributed by atoms with Gasteiger partial charge in [-0.25, -0.2) is 0 Å². The topological polar surface area (TPSA) is 87.0 Å². The van der Waals surface area contributed by atoms with Crippen LogP contribution in [0.3, 0.4) is 0 Å². The largest absolute Gasteiger partial charge is 0.344 e. The molecule has 7 N–H and O–H groups in total. The van der Waals surface area contributed by atoms with E-state index in [4.69, 9.17) is 11.5 Å². The van der Waals surface area contributed by atoms with Gasteiger partial charge in [0.2, 0.25) is 0 Å². The maximum absolute atomic E-state index is 5.48. The molecule has 0 saturated heterocycles. The van der Waals surface area contributed by atoms with Gasteiger partial charge in [-0.2, -0.15) is 0 Å². The minimum Gasteiger partial charge on any atom is -0.344 e. The van der Waals surface area contributed by atoms with Crippen molar-refractivity contribution in [2.45, 2.75) is 297 Å². The summed E-state index contributed by atoms with van der Waals surface area (Å²) in [5.41, 5.74) is 11.0. The lowest BCUT2D eigenvalue weighted by molar-refractivity contribution is 0.530. The van der Waals surface area contributed by atoms with Crippen molar-refractivity contribution in [3.8, 4) is 0 Å². The maximum atomic E-state index is 5.48. The first kappa shape index (κ1) is 57.6. The Bertz CT molecular complexity index is 455. The lowest BCUT2D eigenvalue weighted by Gasteiger charge is -2.03. The monoisotopic (exact) mass is 726 g/mol. The average Bonchev–Trinajstić information content (AvgIpc) is 3.13. The first-order valence-electron chi connectivity index (χ1n) is 24.1. The zero-order valence-corrected chi connectivity index (χ0v) is 37.0. The summed E-state index contributed by atoms with van der Waals surface area (Å²) >= 11 is 0. The lowest BCUT2D eigenvalue weighted by Crippen LogP contribution is -1.97. The van der Waals surface area contributed by atoms with Gasteiger partial charge in [-0.15, -0.1) is 0 Å². The van der Waals surface area contributed by atoms with Crippen molar-refractivity contribution in [1.29, 1.82) is 0 Å². The first-order valence-corrected chi connectivity index (χ1v) is 24.1. The van der Waals surface area contributed by atoms with Gasteiger partial charge in [-0.1, -0.05) is 285 Å². The van der Waals surface area contributed by atoms with Crippen LogP contribution in [0.15, 0.2) is 0 Å². The molecule has 0 spiro atoms. The second-order valence-corrected chi connectivity index (χ2v) is 16.0. The number of hydrogen-bond donors (Lipinski definition) is 3. The maximum Gasteiger partial charge on any atom is -0.00773 e. The highest BCUT2D eigenvalue weighted by Crippen LogP contribution is 2.15. The van der Waals surface area contributed by atoms with Crippen molar-refractivity contribution in [3.05, 3.63) is 0 Å². The first-order chi connectivity index (χ1) is 24.7. The number of rotatable bonds is 41. The molecule has 0 aliphatic heterocycles. The molecule has 0 atom stereocenters.